The van der Waals surface area contributed by atoms with Crippen molar-refractivity contribution < 1.29 is 9.90 Å². The van der Waals surface area contributed by atoms with Crippen molar-refractivity contribution in [3.8, 4) is 0 Å². The molecule has 1 aromatic carbocycles. The zero-order chi connectivity index (χ0) is 17.6. The smallest absolute Gasteiger partial charge is 0.326 e. The SMILES string of the molecule is O=C(O)[C@H](Cc1ccccc1)Nc1nc(Cl)nc(N2CCCCC2)n1. The number of anilines is 2. The van der Waals surface area contributed by atoms with Crippen molar-refractivity contribution in [1.29, 1.82) is 0 Å². The van der Waals surface area contributed by atoms with Crippen molar-refractivity contribution in [3.63, 3.8) is 0 Å². The molecule has 132 valence electrons. The second-order valence-corrected chi connectivity index (χ2v) is 6.34. The maximum Gasteiger partial charge on any atom is 0.326 e. The standard InChI is InChI=1S/C17H20ClN5O2/c18-15-20-16(22-17(21-15)23-9-5-2-6-10-23)19-13(14(24)25)11-12-7-3-1-4-8-12/h1,3-4,7-8,13H,2,5-6,9-11H2,(H,24,25)(H,19,20,21,22)/t13-/m0/s1. The highest BCUT2D eigenvalue weighted by Crippen LogP contribution is 2.19. The van der Waals surface area contributed by atoms with Gasteiger partial charge in [-0.15, -0.1) is 0 Å². The minimum atomic E-state index is -0.972. The van der Waals surface area contributed by atoms with Crippen molar-refractivity contribution in [2.24, 2.45) is 0 Å². The van der Waals surface area contributed by atoms with Gasteiger partial charge in [0.1, 0.15) is 6.04 Å². The first-order valence-electron chi connectivity index (χ1n) is 8.31. The van der Waals surface area contributed by atoms with Gasteiger partial charge < -0.3 is 15.3 Å². The van der Waals surface area contributed by atoms with E-state index in [9.17, 15) is 9.90 Å². The second-order valence-electron chi connectivity index (χ2n) is 6.00. The molecule has 1 aliphatic rings. The minimum Gasteiger partial charge on any atom is -0.480 e. The second kappa shape index (κ2) is 8.11. The molecule has 2 heterocycles. The van der Waals surface area contributed by atoms with E-state index in [1.807, 2.05) is 30.3 Å². The Morgan fingerprint density at radius 2 is 1.88 bits per heavy atom. The number of hydrogen-bond donors (Lipinski definition) is 2. The number of halogens is 1. The molecule has 1 aromatic heterocycles. The Bertz CT molecular complexity index is 722. The van der Waals surface area contributed by atoms with Gasteiger partial charge in [-0.1, -0.05) is 30.3 Å². The van der Waals surface area contributed by atoms with E-state index in [0.717, 1.165) is 31.5 Å². The molecule has 0 radical (unpaired) electrons. The highest BCUT2D eigenvalue weighted by Gasteiger charge is 2.21. The van der Waals surface area contributed by atoms with Crippen LogP contribution in [0, 0.1) is 0 Å². The predicted molar refractivity (Wildman–Crippen MR) is 96.1 cm³/mol. The minimum absolute atomic E-state index is 0.0573. The molecular weight excluding hydrogens is 342 g/mol. The third-order valence-corrected chi connectivity index (χ3v) is 4.29. The predicted octanol–water partition coefficient (Wildman–Crippen LogP) is 2.62. The first-order chi connectivity index (χ1) is 12.1. The lowest BCUT2D eigenvalue weighted by atomic mass is 10.1. The molecule has 0 spiro atoms. The molecule has 0 unspecified atom stereocenters. The Morgan fingerprint density at radius 3 is 2.56 bits per heavy atom. The summed E-state index contributed by atoms with van der Waals surface area (Å²) in [7, 11) is 0. The number of benzene rings is 1. The molecule has 2 aromatic rings. The van der Waals surface area contributed by atoms with E-state index < -0.39 is 12.0 Å². The molecule has 0 amide bonds. The summed E-state index contributed by atoms with van der Waals surface area (Å²) < 4.78 is 0. The largest absolute Gasteiger partial charge is 0.480 e. The highest BCUT2D eigenvalue weighted by molar-refractivity contribution is 6.28. The fourth-order valence-corrected chi connectivity index (χ4v) is 3.00. The fraction of sp³-hybridized carbons (Fsp3) is 0.412. The first kappa shape index (κ1) is 17.4. The van der Waals surface area contributed by atoms with Crippen LogP contribution in [0.4, 0.5) is 11.9 Å². The van der Waals surface area contributed by atoms with Crippen LogP contribution in [0.3, 0.4) is 0 Å². The molecule has 8 heteroatoms. The molecule has 1 fully saturated rings. The number of carboxylic acids is 1. The monoisotopic (exact) mass is 361 g/mol. The lowest BCUT2D eigenvalue weighted by molar-refractivity contribution is -0.137. The number of nitrogens with zero attached hydrogens (tertiary/aromatic N) is 4. The normalized spacial score (nSPS) is 15.6. The van der Waals surface area contributed by atoms with Gasteiger partial charge in [0.25, 0.3) is 0 Å². The molecule has 7 nitrogen and oxygen atoms in total. The van der Waals surface area contributed by atoms with Crippen LogP contribution >= 0.6 is 11.6 Å². The van der Waals surface area contributed by atoms with Crippen molar-refractivity contribution in [2.75, 3.05) is 23.3 Å². The molecule has 25 heavy (non-hydrogen) atoms. The van der Waals surface area contributed by atoms with Crippen molar-refractivity contribution in [3.05, 3.63) is 41.2 Å². The number of carboxylic acid groups (broad SMARTS) is 1. The number of aliphatic carboxylic acids is 1. The first-order valence-corrected chi connectivity index (χ1v) is 8.69. The summed E-state index contributed by atoms with van der Waals surface area (Å²) in [5, 5.41) is 12.4. The van der Waals surface area contributed by atoms with E-state index in [1.165, 1.54) is 6.42 Å². The number of hydrogen-bond acceptors (Lipinski definition) is 6. The number of nitrogens with one attached hydrogen (secondary N) is 1. The molecule has 1 atom stereocenters. The zero-order valence-electron chi connectivity index (χ0n) is 13.7. The summed E-state index contributed by atoms with van der Waals surface area (Å²) in [4.78, 5) is 26.2. The Kier molecular flexibility index (Phi) is 5.65. The van der Waals surface area contributed by atoms with E-state index in [1.54, 1.807) is 0 Å². The van der Waals surface area contributed by atoms with Crippen LogP contribution in [-0.2, 0) is 11.2 Å². The average molecular weight is 362 g/mol. The van der Waals surface area contributed by atoms with Crippen molar-refractivity contribution in [2.45, 2.75) is 31.7 Å². The third kappa shape index (κ3) is 4.79. The molecule has 1 aliphatic heterocycles. The molecular formula is C17H20ClN5O2. The zero-order valence-corrected chi connectivity index (χ0v) is 14.5. The molecule has 0 saturated carbocycles. The Balaban J connectivity index is 1.77. The van der Waals surface area contributed by atoms with Gasteiger partial charge in [-0.2, -0.15) is 15.0 Å². The summed E-state index contributed by atoms with van der Waals surface area (Å²) in [6.07, 6.45) is 3.67. The van der Waals surface area contributed by atoms with Crippen LogP contribution in [-0.4, -0.2) is 45.2 Å². The Labute approximate surface area is 151 Å². The lowest BCUT2D eigenvalue weighted by Crippen LogP contribution is -2.34. The summed E-state index contributed by atoms with van der Waals surface area (Å²) in [6, 6.07) is 8.57. The van der Waals surface area contributed by atoms with Gasteiger partial charge in [0, 0.05) is 19.5 Å². The average Bonchev–Trinajstić information content (AvgIpc) is 2.62. The van der Waals surface area contributed by atoms with Gasteiger partial charge >= 0.3 is 5.97 Å². The topological polar surface area (TPSA) is 91.2 Å². The van der Waals surface area contributed by atoms with Gasteiger partial charge in [-0.3, -0.25) is 0 Å². The van der Waals surface area contributed by atoms with Crippen LogP contribution in [0.15, 0.2) is 30.3 Å². The summed E-state index contributed by atoms with van der Waals surface area (Å²) in [5.74, 6) is -0.296. The van der Waals surface area contributed by atoms with E-state index in [4.69, 9.17) is 11.6 Å². The van der Waals surface area contributed by atoms with E-state index in [-0.39, 0.29) is 11.2 Å². The maximum atomic E-state index is 11.6. The van der Waals surface area contributed by atoms with E-state index >= 15 is 0 Å². The van der Waals surface area contributed by atoms with Gasteiger partial charge in [0.2, 0.25) is 17.2 Å². The van der Waals surface area contributed by atoms with Gasteiger partial charge in [-0.25, -0.2) is 4.79 Å². The Morgan fingerprint density at radius 1 is 1.16 bits per heavy atom. The van der Waals surface area contributed by atoms with E-state index in [0.29, 0.717) is 12.4 Å². The van der Waals surface area contributed by atoms with E-state index in [2.05, 4.69) is 25.2 Å². The molecule has 2 N–H and O–H groups in total. The highest BCUT2D eigenvalue weighted by atomic mass is 35.5. The molecule has 1 saturated heterocycles. The summed E-state index contributed by atoms with van der Waals surface area (Å²) >= 11 is 6.02. The van der Waals surface area contributed by atoms with Crippen LogP contribution in [0.25, 0.3) is 0 Å². The molecule has 0 bridgehead atoms. The molecule has 3 rings (SSSR count). The van der Waals surface area contributed by atoms with Gasteiger partial charge in [-0.05, 0) is 36.4 Å². The van der Waals surface area contributed by atoms with Crippen molar-refractivity contribution >= 4 is 29.5 Å². The fourth-order valence-electron chi connectivity index (χ4n) is 2.85. The number of piperidine rings is 1. The molecule has 0 aliphatic carbocycles. The maximum absolute atomic E-state index is 11.6. The number of rotatable bonds is 6. The summed E-state index contributed by atoms with van der Waals surface area (Å²) in [6.45, 7) is 1.73. The van der Waals surface area contributed by atoms with Gasteiger partial charge in [0.05, 0.1) is 0 Å². The quantitative estimate of drug-likeness (QED) is 0.817. The Hall–Kier alpha value is -2.41. The van der Waals surface area contributed by atoms with Crippen LogP contribution < -0.4 is 10.2 Å². The van der Waals surface area contributed by atoms with Crippen LogP contribution in [0.1, 0.15) is 24.8 Å². The third-order valence-electron chi connectivity index (χ3n) is 4.12. The van der Waals surface area contributed by atoms with Gasteiger partial charge in [0.15, 0.2) is 0 Å². The number of carbonyl (C=O) groups is 1. The van der Waals surface area contributed by atoms with Crippen molar-refractivity contribution in [1.82, 2.24) is 15.0 Å². The van der Waals surface area contributed by atoms with Crippen LogP contribution in [0.2, 0.25) is 5.28 Å². The van der Waals surface area contributed by atoms with Crippen LogP contribution in [0.5, 0.6) is 0 Å². The summed E-state index contributed by atoms with van der Waals surface area (Å²) in [5.41, 5.74) is 0.916. The lowest BCUT2D eigenvalue weighted by Gasteiger charge is -2.26. The number of aromatic nitrogens is 3.